The molecule has 1 atom stereocenters. The van der Waals surface area contributed by atoms with Gasteiger partial charge in [0.15, 0.2) is 0 Å². The zero-order chi connectivity index (χ0) is 16.9. The summed E-state index contributed by atoms with van der Waals surface area (Å²) in [6, 6.07) is -0.976. The Labute approximate surface area is 134 Å². The van der Waals surface area contributed by atoms with Gasteiger partial charge >= 0.3 is 12.1 Å². The lowest BCUT2D eigenvalue weighted by molar-refractivity contribution is -0.140. The van der Waals surface area contributed by atoms with Crippen LogP contribution in [0.5, 0.6) is 0 Å². The van der Waals surface area contributed by atoms with Gasteiger partial charge in [-0.1, -0.05) is 32.1 Å². The van der Waals surface area contributed by atoms with Crippen LogP contribution in [0.3, 0.4) is 0 Å². The van der Waals surface area contributed by atoms with Gasteiger partial charge in [-0.15, -0.1) is 0 Å². The normalized spacial score (nSPS) is 23.9. The first-order valence-electron chi connectivity index (χ1n) is 8.43. The van der Waals surface area contributed by atoms with Crippen molar-refractivity contribution in [2.24, 2.45) is 5.92 Å². The molecule has 2 aliphatic rings. The number of hydrogen-bond donors (Lipinski definition) is 2. The first-order valence-corrected chi connectivity index (χ1v) is 8.43. The number of aliphatic carboxylic acids is 1. The molecule has 2 N–H and O–H groups in total. The molecule has 0 unspecified atom stereocenters. The topological polar surface area (TPSA) is 75.6 Å². The standard InChI is InChI=1S/C16H25F2NO4/c17-16(18)8-6-12(7-9-16)23-15(22)19-13(14(20)21)10-11-4-2-1-3-5-11/h11-13H,1-10H2,(H,19,22)(H,20,21)/t13-/m0/s1. The first kappa shape index (κ1) is 17.9. The first-order chi connectivity index (χ1) is 10.9. The molecular formula is C16H25F2NO4. The number of halogens is 2. The lowest BCUT2D eigenvalue weighted by atomic mass is 9.85. The Bertz CT molecular complexity index is 414. The van der Waals surface area contributed by atoms with Crippen molar-refractivity contribution < 1.29 is 28.2 Å². The number of amides is 1. The molecule has 0 spiro atoms. The third-order valence-corrected chi connectivity index (χ3v) is 4.82. The second-order valence-corrected chi connectivity index (χ2v) is 6.74. The SMILES string of the molecule is O=C(N[C@@H](CC1CCCCC1)C(=O)O)OC1CCC(F)(F)CC1. The Morgan fingerprint density at radius 1 is 1.13 bits per heavy atom. The Hall–Kier alpha value is -1.40. The quantitative estimate of drug-likeness (QED) is 0.804. The molecule has 1 amide bonds. The second-order valence-electron chi connectivity index (χ2n) is 6.74. The van der Waals surface area contributed by atoms with E-state index in [1.54, 1.807) is 0 Å². The number of hydrogen-bond acceptors (Lipinski definition) is 3. The van der Waals surface area contributed by atoms with Crippen molar-refractivity contribution in [2.75, 3.05) is 0 Å². The minimum atomic E-state index is -2.68. The van der Waals surface area contributed by atoms with Crippen molar-refractivity contribution in [2.45, 2.75) is 82.3 Å². The summed E-state index contributed by atoms with van der Waals surface area (Å²) in [5.41, 5.74) is 0. The monoisotopic (exact) mass is 333 g/mol. The Morgan fingerprint density at radius 2 is 1.74 bits per heavy atom. The van der Waals surface area contributed by atoms with Gasteiger partial charge in [-0.2, -0.15) is 0 Å². The summed E-state index contributed by atoms with van der Waals surface area (Å²) in [6.07, 6.45) is 3.99. The predicted octanol–water partition coefficient (Wildman–Crippen LogP) is 3.71. The van der Waals surface area contributed by atoms with E-state index < -0.39 is 30.1 Å². The molecule has 0 aromatic rings. The highest BCUT2D eigenvalue weighted by Crippen LogP contribution is 2.34. The maximum Gasteiger partial charge on any atom is 0.408 e. The van der Waals surface area contributed by atoms with Gasteiger partial charge in [0, 0.05) is 12.8 Å². The van der Waals surface area contributed by atoms with E-state index in [9.17, 15) is 23.5 Å². The van der Waals surface area contributed by atoms with Crippen molar-refractivity contribution in [1.29, 1.82) is 0 Å². The number of nitrogens with one attached hydrogen (secondary N) is 1. The van der Waals surface area contributed by atoms with Gasteiger partial charge in [0.05, 0.1) is 0 Å². The van der Waals surface area contributed by atoms with Crippen LogP contribution in [0.4, 0.5) is 13.6 Å². The number of alkyl halides is 2. The summed E-state index contributed by atoms with van der Waals surface area (Å²) in [5, 5.41) is 11.6. The zero-order valence-corrected chi connectivity index (χ0v) is 13.2. The fourth-order valence-electron chi connectivity index (χ4n) is 3.44. The number of carboxylic acid groups (broad SMARTS) is 1. The summed E-state index contributed by atoms with van der Waals surface area (Å²) < 4.78 is 31.2. The van der Waals surface area contributed by atoms with E-state index in [4.69, 9.17) is 4.74 Å². The van der Waals surface area contributed by atoms with Crippen LogP contribution in [0.15, 0.2) is 0 Å². The molecule has 0 saturated heterocycles. The lowest BCUT2D eigenvalue weighted by Gasteiger charge is -2.29. The summed E-state index contributed by atoms with van der Waals surface area (Å²) in [5.74, 6) is -3.46. The van der Waals surface area contributed by atoms with E-state index >= 15 is 0 Å². The van der Waals surface area contributed by atoms with E-state index in [1.807, 2.05) is 0 Å². The summed E-state index contributed by atoms with van der Waals surface area (Å²) in [4.78, 5) is 23.2. The molecule has 0 bridgehead atoms. The van der Waals surface area contributed by atoms with Crippen LogP contribution in [-0.2, 0) is 9.53 Å². The van der Waals surface area contributed by atoms with Gasteiger partial charge in [-0.05, 0) is 25.2 Å². The van der Waals surface area contributed by atoms with E-state index in [0.717, 1.165) is 25.7 Å². The van der Waals surface area contributed by atoms with Gasteiger partial charge in [0.1, 0.15) is 12.1 Å². The van der Waals surface area contributed by atoms with E-state index in [0.29, 0.717) is 12.3 Å². The van der Waals surface area contributed by atoms with E-state index in [-0.39, 0.29) is 25.7 Å². The van der Waals surface area contributed by atoms with E-state index in [1.165, 1.54) is 6.42 Å². The van der Waals surface area contributed by atoms with Gasteiger partial charge in [-0.3, -0.25) is 0 Å². The van der Waals surface area contributed by atoms with Crippen LogP contribution in [0.1, 0.15) is 64.2 Å². The average molecular weight is 333 g/mol. The van der Waals surface area contributed by atoms with Crippen LogP contribution in [-0.4, -0.2) is 35.2 Å². The van der Waals surface area contributed by atoms with Crippen LogP contribution < -0.4 is 5.32 Å². The maximum atomic E-state index is 13.1. The smallest absolute Gasteiger partial charge is 0.408 e. The molecule has 23 heavy (non-hydrogen) atoms. The van der Waals surface area contributed by atoms with Crippen LogP contribution in [0, 0.1) is 5.92 Å². The van der Waals surface area contributed by atoms with Gasteiger partial charge in [-0.25, -0.2) is 18.4 Å². The number of carbonyl (C=O) groups excluding carboxylic acids is 1. The molecule has 132 valence electrons. The van der Waals surface area contributed by atoms with Crippen molar-refractivity contribution in [3.63, 3.8) is 0 Å². The molecule has 2 rings (SSSR count). The van der Waals surface area contributed by atoms with Crippen LogP contribution in [0.2, 0.25) is 0 Å². The van der Waals surface area contributed by atoms with Crippen LogP contribution >= 0.6 is 0 Å². The highest BCUT2D eigenvalue weighted by Gasteiger charge is 2.36. The summed E-state index contributed by atoms with van der Waals surface area (Å²) in [7, 11) is 0. The molecule has 2 aliphatic carbocycles. The fraction of sp³-hybridized carbons (Fsp3) is 0.875. The third-order valence-electron chi connectivity index (χ3n) is 4.82. The van der Waals surface area contributed by atoms with Crippen molar-refractivity contribution in [3.05, 3.63) is 0 Å². The molecule has 2 saturated carbocycles. The molecule has 0 aliphatic heterocycles. The van der Waals surface area contributed by atoms with E-state index in [2.05, 4.69) is 5.32 Å². The zero-order valence-electron chi connectivity index (χ0n) is 13.2. The van der Waals surface area contributed by atoms with Crippen LogP contribution in [0.25, 0.3) is 0 Å². The highest BCUT2D eigenvalue weighted by molar-refractivity contribution is 5.79. The minimum Gasteiger partial charge on any atom is -0.480 e. The Kier molecular flexibility index (Phi) is 6.18. The van der Waals surface area contributed by atoms with Crippen molar-refractivity contribution >= 4 is 12.1 Å². The fourth-order valence-corrected chi connectivity index (χ4v) is 3.44. The predicted molar refractivity (Wildman–Crippen MR) is 79.4 cm³/mol. The molecule has 0 aromatic carbocycles. The Balaban J connectivity index is 1.77. The molecule has 0 heterocycles. The molecular weight excluding hydrogens is 308 g/mol. The summed E-state index contributed by atoms with van der Waals surface area (Å²) >= 11 is 0. The molecule has 5 nitrogen and oxygen atoms in total. The number of rotatable bonds is 5. The largest absolute Gasteiger partial charge is 0.480 e. The Morgan fingerprint density at radius 3 is 2.30 bits per heavy atom. The van der Waals surface area contributed by atoms with Crippen molar-refractivity contribution in [1.82, 2.24) is 5.32 Å². The maximum absolute atomic E-state index is 13.1. The second kappa shape index (κ2) is 7.93. The minimum absolute atomic E-state index is 0.112. The van der Waals surface area contributed by atoms with Crippen molar-refractivity contribution in [3.8, 4) is 0 Å². The number of carboxylic acids is 1. The molecule has 2 fully saturated rings. The van der Waals surface area contributed by atoms with Gasteiger partial charge < -0.3 is 15.2 Å². The number of ether oxygens (including phenoxy) is 1. The van der Waals surface area contributed by atoms with Gasteiger partial charge in [0.25, 0.3) is 0 Å². The average Bonchev–Trinajstić information content (AvgIpc) is 2.50. The number of alkyl carbamates (subject to hydrolysis) is 1. The lowest BCUT2D eigenvalue weighted by Crippen LogP contribution is -2.44. The summed E-state index contributed by atoms with van der Waals surface area (Å²) in [6.45, 7) is 0. The third kappa shape index (κ3) is 5.95. The molecule has 0 aromatic heterocycles. The number of carbonyl (C=O) groups is 2. The van der Waals surface area contributed by atoms with Gasteiger partial charge in [0.2, 0.25) is 5.92 Å². The highest BCUT2D eigenvalue weighted by atomic mass is 19.3. The molecule has 7 heteroatoms. The molecule has 0 radical (unpaired) electrons.